The minimum Gasteiger partial charge on any atom is -0.370 e. The normalized spacial score (nSPS) is 14.0. The van der Waals surface area contributed by atoms with E-state index in [0.717, 1.165) is 53.4 Å². The number of anilines is 1. The Balaban J connectivity index is 1.83. The number of nitrogens with two attached hydrogens (primary N) is 1. The zero-order valence-electron chi connectivity index (χ0n) is 19.8. The first-order chi connectivity index (χ1) is 15.7. The fourth-order valence-electron chi connectivity index (χ4n) is 4.16. The molecule has 0 spiro atoms. The Morgan fingerprint density at radius 2 is 1.91 bits per heavy atom. The number of carbonyl (C=O) groups is 3. The van der Waals surface area contributed by atoms with Crippen LogP contribution in [0.2, 0.25) is 0 Å². The van der Waals surface area contributed by atoms with Gasteiger partial charge in [-0.15, -0.1) is 0 Å². The Hall–Kier alpha value is -3.39. The van der Waals surface area contributed by atoms with Gasteiger partial charge in [-0.3, -0.25) is 14.4 Å². The lowest BCUT2D eigenvalue weighted by Crippen LogP contribution is -2.35. The monoisotopic (exact) mass is 451 g/mol. The van der Waals surface area contributed by atoms with Crippen LogP contribution in [0, 0.1) is 13.8 Å². The number of carbonyl (C=O) groups excluding carboxylic acids is 3. The van der Waals surface area contributed by atoms with Crippen molar-refractivity contribution in [3.63, 3.8) is 0 Å². The van der Waals surface area contributed by atoms with E-state index in [1.165, 1.54) is 0 Å². The smallest absolute Gasteiger partial charge is 0.256 e. The third-order valence-electron chi connectivity index (χ3n) is 6.13. The van der Waals surface area contributed by atoms with Crippen molar-refractivity contribution in [3.05, 3.63) is 51.8 Å². The molecule has 3 rings (SSSR count). The van der Waals surface area contributed by atoms with Crippen LogP contribution in [-0.4, -0.2) is 53.8 Å². The van der Waals surface area contributed by atoms with Gasteiger partial charge in [0.15, 0.2) is 0 Å². The third kappa shape index (κ3) is 5.51. The summed E-state index contributed by atoms with van der Waals surface area (Å²) in [6.07, 6.45) is 2.55. The zero-order valence-corrected chi connectivity index (χ0v) is 19.8. The number of fused-ring (bicyclic) bond motifs is 1. The first-order valence-electron chi connectivity index (χ1n) is 11.4. The molecule has 2 aromatic rings. The highest BCUT2D eigenvalue weighted by Crippen LogP contribution is 2.35. The molecular formula is C25H33N5O3. The van der Waals surface area contributed by atoms with E-state index in [2.05, 4.69) is 34.4 Å². The molecule has 1 aliphatic rings. The molecule has 5 N–H and O–H groups in total. The number of aryl methyl sites for hydroxylation is 2. The quantitative estimate of drug-likeness (QED) is 0.415. The van der Waals surface area contributed by atoms with Gasteiger partial charge in [0.2, 0.25) is 5.91 Å². The highest BCUT2D eigenvalue weighted by atomic mass is 16.2. The van der Waals surface area contributed by atoms with Crippen LogP contribution in [0.15, 0.2) is 18.2 Å². The SMILES string of the molecule is CCN(CC)CCNC(=O)c1c(C)[nH]c(/C=C2/C(=O)Nc3ccc(CCC(N)=O)cc32)c1C. The van der Waals surface area contributed by atoms with Gasteiger partial charge in [0.1, 0.15) is 0 Å². The van der Waals surface area contributed by atoms with E-state index in [9.17, 15) is 14.4 Å². The molecule has 0 bridgehead atoms. The molecule has 0 aliphatic carbocycles. The van der Waals surface area contributed by atoms with Gasteiger partial charge in [-0.2, -0.15) is 0 Å². The lowest BCUT2D eigenvalue weighted by Gasteiger charge is -2.18. The summed E-state index contributed by atoms with van der Waals surface area (Å²) in [4.78, 5) is 42.1. The number of H-pyrrole nitrogens is 1. The van der Waals surface area contributed by atoms with E-state index < -0.39 is 0 Å². The summed E-state index contributed by atoms with van der Waals surface area (Å²) in [6, 6.07) is 5.63. The summed E-state index contributed by atoms with van der Waals surface area (Å²) < 4.78 is 0. The Labute approximate surface area is 194 Å². The summed E-state index contributed by atoms with van der Waals surface area (Å²) >= 11 is 0. The maximum absolute atomic E-state index is 12.8. The van der Waals surface area contributed by atoms with Crippen LogP contribution in [0.3, 0.4) is 0 Å². The number of likely N-dealkylation sites (N-methyl/N-ethyl adjacent to an activating group) is 1. The van der Waals surface area contributed by atoms with Crippen molar-refractivity contribution < 1.29 is 14.4 Å². The number of aromatic nitrogens is 1. The fourth-order valence-corrected chi connectivity index (χ4v) is 4.16. The van der Waals surface area contributed by atoms with E-state index in [1.807, 2.05) is 32.0 Å². The van der Waals surface area contributed by atoms with Crippen molar-refractivity contribution in [1.29, 1.82) is 0 Å². The predicted molar refractivity (Wildman–Crippen MR) is 131 cm³/mol. The molecule has 33 heavy (non-hydrogen) atoms. The molecule has 0 atom stereocenters. The van der Waals surface area contributed by atoms with E-state index in [-0.39, 0.29) is 24.1 Å². The van der Waals surface area contributed by atoms with E-state index >= 15 is 0 Å². The lowest BCUT2D eigenvalue weighted by atomic mass is 10.00. The molecule has 176 valence electrons. The van der Waals surface area contributed by atoms with Crippen LogP contribution < -0.4 is 16.4 Å². The molecular weight excluding hydrogens is 418 g/mol. The molecule has 8 nitrogen and oxygen atoms in total. The number of benzene rings is 1. The molecule has 0 saturated heterocycles. The number of hydrogen-bond donors (Lipinski definition) is 4. The van der Waals surface area contributed by atoms with Crippen molar-refractivity contribution in [2.75, 3.05) is 31.5 Å². The standard InChI is InChI=1S/C25H33N5O3/c1-5-30(6-2)12-11-27-25(33)23-15(3)21(28-16(23)4)14-19-18-13-17(8-10-22(26)31)7-9-20(18)29-24(19)32/h7,9,13-14,28H,5-6,8,10-12H2,1-4H3,(H2,26,31)(H,27,33)(H,29,32)/b19-14+. The zero-order chi connectivity index (χ0) is 24.1. The maximum Gasteiger partial charge on any atom is 0.256 e. The Morgan fingerprint density at radius 3 is 2.58 bits per heavy atom. The van der Waals surface area contributed by atoms with Crippen LogP contribution in [-0.2, 0) is 16.0 Å². The minimum atomic E-state index is -0.360. The van der Waals surface area contributed by atoms with Crippen LogP contribution >= 0.6 is 0 Å². The van der Waals surface area contributed by atoms with Crippen LogP contribution in [0.5, 0.6) is 0 Å². The average Bonchev–Trinajstić information content (AvgIpc) is 3.24. The van der Waals surface area contributed by atoms with Crippen LogP contribution in [0.1, 0.15) is 58.7 Å². The highest BCUT2D eigenvalue weighted by molar-refractivity contribution is 6.35. The second-order valence-electron chi connectivity index (χ2n) is 8.30. The highest BCUT2D eigenvalue weighted by Gasteiger charge is 2.26. The van der Waals surface area contributed by atoms with Gasteiger partial charge >= 0.3 is 0 Å². The van der Waals surface area contributed by atoms with E-state index in [0.29, 0.717) is 24.1 Å². The van der Waals surface area contributed by atoms with Gasteiger partial charge in [-0.25, -0.2) is 0 Å². The van der Waals surface area contributed by atoms with E-state index in [1.54, 1.807) is 6.08 Å². The van der Waals surface area contributed by atoms with E-state index in [4.69, 9.17) is 5.73 Å². The molecule has 0 fully saturated rings. The number of rotatable bonds is 10. The summed E-state index contributed by atoms with van der Waals surface area (Å²) in [5.41, 5.74) is 11.1. The van der Waals surface area contributed by atoms with Gasteiger partial charge in [-0.1, -0.05) is 19.9 Å². The summed E-state index contributed by atoms with van der Waals surface area (Å²) in [5, 5.41) is 5.88. The number of hydrogen-bond acceptors (Lipinski definition) is 4. The number of amides is 3. The number of aromatic amines is 1. The van der Waals surface area contributed by atoms with Crippen molar-refractivity contribution in [2.24, 2.45) is 5.73 Å². The summed E-state index contributed by atoms with van der Waals surface area (Å²) in [5.74, 6) is -0.683. The second-order valence-corrected chi connectivity index (χ2v) is 8.30. The average molecular weight is 452 g/mol. The minimum absolute atomic E-state index is 0.122. The molecule has 1 aliphatic heterocycles. The largest absolute Gasteiger partial charge is 0.370 e. The molecule has 0 unspecified atom stereocenters. The first kappa shape index (κ1) is 24.3. The van der Waals surface area contributed by atoms with Crippen molar-refractivity contribution in [3.8, 4) is 0 Å². The molecule has 0 radical (unpaired) electrons. The van der Waals surface area contributed by atoms with Crippen molar-refractivity contribution in [2.45, 2.75) is 40.5 Å². The topological polar surface area (TPSA) is 120 Å². The fraction of sp³-hybridized carbons (Fsp3) is 0.400. The van der Waals surface area contributed by atoms with Gasteiger partial charge in [0.25, 0.3) is 11.8 Å². The van der Waals surface area contributed by atoms with Gasteiger partial charge in [0.05, 0.1) is 11.1 Å². The summed E-state index contributed by atoms with van der Waals surface area (Å²) in [6.45, 7) is 11.2. The van der Waals surface area contributed by atoms with Gasteiger partial charge in [0, 0.05) is 42.1 Å². The molecule has 2 heterocycles. The Morgan fingerprint density at radius 1 is 1.18 bits per heavy atom. The molecule has 1 aromatic carbocycles. The van der Waals surface area contributed by atoms with Gasteiger partial charge in [-0.05, 0) is 62.7 Å². The number of primary amides is 1. The van der Waals surface area contributed by atoms with Crippen molar-refractivity contribution >= 4 is 35.1 Å². The number of nitrogens with one attached hydrogen (secondary N) is 3. The Bertz CT molecular complexity index is 1100. The van der Waals surface area contributed by atoms with Crippen LogP contribution in [0.4, 0.5) is 5.69 Å². The summed E-state index contributed by atoms with van der Waals surface area (Å²) in [7, 11) is 0. The van der Waals surface area contributed by atoms with Crippen molar-refractivity contribution in [1.82, 2.24) is 15.2 Å². The predicted octanol–water partition coefficient (Wildman–Crippen LogP) is 2.61. The molecule has 0 saturated carbocycles. The third-order valence-corrected chi connectivity index (χ3v) is 6.13. The lowest BCUT2D eigenvalue weighted by molar-refractivity contribution is -0.118. The number of nitrogens with zero attached hydrogens (tertiary/aromatic N) is 1. The second kappa shape index (κ2) is 10.5. The van der Waals surface area contributed by atoms with Gasteiger partial charge < -0.3 is 26.3 Å². The Kier molecular flexibility index (Phi) is 7.71. The first-order valence-corrected chi connectivity index (χ1v) is 11.4. The molecule has 1 aromatic heterocycles. The molecule has 3 amide bonds. The van der Waals surface area contributed by atoms with Crippen LogP contribution in [0.25, 0.3) is 11.6 Å². The maximum atomic E-state index is 12.8. The molecule has 8 heteroatoms.